The van der Waals surface area contributed by atoms with E-state index in [1.165, 1.54) is 47.4 Å². The molecule has 0 unspecified atom stereocenters. The van der Waals surface area contributed by atoms with Gasteiger partial charge in [-0.2, -0.15) is 5.10 Å². The Balaban J connectivity index is 1.78. The fourth-order valence-corrected chi connectivity index (χ4v) is 2.40. The number of carbonyl (C=O) groups excluding carboxylic acids is 1. The van der Waals surface area contributed by atoms with E-state index in [1.807, 2.05) is 0 Å². The number of aromatic nitrogens is 2. The molecule has 1 amide bonds. The number of amides is 1. The molecular weight excluding hydrogens is 354 g/mol. The average molecular weight is 367 g/mol. The van der Waals surface area contributed by atoms with Crippen molar-refractivity contribution in [2.24, 2.45) is 0 Å². The molecule has 0 spiro atoms. The van der Waals surface area contributed by atoms with Crippen molar-refractivity contribution in [2.75, 3.05) is 5.32 Å². The maximum Gasteiger partial charge on any atom is 0.274 e. The first-order chi connectivity index (χ1) is 12.8. The van der Waals surface area contributed by atoms with Crippen molar-refractivity contribution in [3.05, 3.63) is 86.2 Å². The van der Waals surface area contributed by atoms with Gasteiger partial charge in [0.2, 0.25) is 0 Å². The molecule has 27 heavy (non-hydrogen) atoms. The molecular formula is C17H13N5O5. The van der Waals surface area contributed by atoms with Gasteiger partial charge in [0.05, 0.1) is 27.3 Å². The summed E-state index contributed by atoms with van der Waals surface area (Å²) in [5.41, 5.74) is 1.42. The lowest BCUT2D eigenvalue weighted by molar-refractivity contribution is -0.385. The van der Waals surface area contributed by atoms with Crippen LogP contribution in [0.5, 0.6) is 0 Å². The van der Waals surface area contributed by atoms with Crippen LogP contribution in [0.15, 0.2) is 54.9 Å². The molecule has 3 aromatic rings. The summed E-state index contributed by atoms with van der Waals surface area (Å²) in [7, 11) is 0. The predicted octanol–water partition coefficient (Wildman–Crippen LogP) is 3.25. The van der Waals surface area contributed by atoms with Gasteiger partial charge in [-0.15, -0.1) is 0 Å². The molecule has 0 aliphatic heterocycles. The molecule has 136 valence electrons. The minimum Gasteiger partial charge on any atom is -0.322 e. The van der Waals surface area contributed by atoms with Crippen molar-refractivity contribution in [3.63, 3.8) is 0 Å². The van der Waals surface area contributed by atoms with Gasteiger partial charge in [-0.05, 0) is 25.1 Å². The highest BCUT2D eigenvalue weighted by molar-refractivity contribution is 6.04. The van der Waals surface area contributed by atoms with E-state index in [2.05, 4.69) is 10.4 Å². The Hall–Kier alpha value is -4.08. The number of hydrogen-bond acceptors (Lipinski definition) is 6. The number of anilines is 1. The van der Waals surface area contributed by atoms with Gasteiger partial charge in [0.1, 0.15) is 0 Å². The van der Waals surface area contributed by atoms with Gasteiger partial charge in [0, 0.05) is 35.6 Å². The van der Waals surface area contributed by atoms with Crippen LogP contribution in [0.3, 0.4) is 0 Å². The fourth-order valence-electron chi connectivity index (χ4n) is 2.40. The Morgan fingerprint density at radius 1 is 1.07 bits per heavy atom. The van der Waals surface area contributed by atoms with Crippen molar-refractivity contribution < 1.29 is 14.6 Å². The van der Waals surface area contributed by atoms with E-state index in [0.717, 1.165) is 0 Å². The SMILES string of the molecule is Cc1ccc(NC(=O)c2cnn(-c3ccc([N+](=O)[O-])cc3)c2)cc1[N+](=O)[O-]. The first-order valence-corrected chi connectivity index (χ1v) is 7.71. The van der Waals surface area contributed by atoms with Crippen molar-refractivity contribution in [3.8, 4) is 5.69 Å². The molecule has 1 aromatic heterocycles. The van der Waals surface area contributed by atoms with Crippen LogP contribution in [-0.4, -0.2) is 25.5 Å². The fraction of sp³-hybridized carbons (Fsp3) is 0.0588. The maximum absolute atomic E-state index is 12.3. The average Bonchev–Trinajstić information content (AvgIpc) is 3.13. The lowest BCUT2D eigenvalue weighted by Crippen LogP contribution is -2.11. The summed E-state index contributed by atoms with van der Waals surface area (Å²) in [5, 5.41) is 28.3. The Labute approximate surface area is 152 Å². The monoisotopic (exact) mass is 367 g/mol. The zero-order valence-corrected chi connectivity index (χ0v) is 14.0. The van der Waals surface area contributed by atoms with E-state index in [-0.39, 0.29) is 16.9 Å². The number of non-ortho nitro benzene ring substituents is 1. The number of carbonyl (C=O) groups is 1. The van der Waals surface area contributed by atoms with E-state index >= 15 is 0 Å². The van der Waals surface area contributed by atoms with Crippen LogP contribution >= 0.6 is 0 Å². The molecule has 0 saturated heterocycles. The molecule has 0 saturated carbocycles. The molecule has 0 atom stereocenters. The van der Waals surface area contributed by atoms with Crippen LogP contribution in [0, 0.1) is 27.2 Å². The van der Waals surface area contributed by atoms with Crippen LogP contribution in [0.2, 0.25) is 0 Å². The molecule has 1 heterocycles. The molecule has 3 rings (SSSR count). The minimum absolute atomic E-state index is 0.0511. The van der Waals surface area contributed by atoms with Gasteiger partial charge in [-0.25, -0.2) is 4.68 Å². The van der Waals surface area contributed by atoms with E-state index < -0.39 is 15.8 Å². The molecule has 0 aliphatic rings. The normalized spacial score (nSPS) is 10.4. The highest BCUT2D eigenvalue weighted by Gasteiger charge is 2.15. The first-order valence-electron chi connectivity index (χ1n) is 7.71. The summed E-state index contributed by atoms with van der Waals surface area (Å²) in [4.78, 5) is 33.0. The van der Waals surface area contributed by atoms with Crippen molar-refractivity contribution >= 4 is 23.0 Å². The molecule has 10 heteroatoms. The highest BCUT2D eigenvalue weighted by Crippen LogP contribution is 2.23. The molecule has 0 fully saturated rings. The standard InChI is InChI=1S/C17H13N5O5/c1-11-2-3-13(8-16(11)22(26)27)19-17(23)12-9-18-20(10-12)14-4-6-15(7-5-14)21(24)25/h2-10H,1H3,(H,19,23). The van der Waals surface area contributed by atoms with Crippen LogP contribution in [0.1, 0.15) is 15.9 Å². The summed E-state index contributed by atoms with van der Waals surface area (Å²) in [6, 6.07) is 10.1. The largest absolute Gasteiger partial charge is 0.322 e. The number of nitro benzene ring substituents is 2. The zero-order valence-electron chi connectivity index (χ0n) is 14.0. The number of rotatable bonds is 5. The Morgan fingerprint density at radius 2 is 1.78 bits per heavy atom. The number of nitrogens with one attached hydrogen (secondary N) is 1. The lowest BCUT2D eigenvalue weighted by Gasteiger charge is -2.05. The topological polar surface area (TPSA) is 133 Å². The van der Waals surface area contributed by atoms with Crippen LogP contribution in [0.4, 0.5) is 17.1 Å². The van der Waals surface area contributed by atoms with E-state index in [1.54, 1.807) is 19.1 Å². The highest BCUT2D eigenvalue weighted by atomic mass is 16.6. The molecule has 0 aliphatic carbocycles. The van der Waals surface area contributed by atoms with Gasteiger partial charge < -0.3 is 5.32 Å². The molecule has 2 aromatic carbocycles. The molecule has 0 bridgehead atoms. The van der Waals surface area contributed by atoms with Gasteiger partial charge >= 0.3 is 0 Å². The molecule has 10 nitrogen and oxygen atoms in total. The number of nitrogens with zero attached hydrogens (tertiary/aromatic N) is 4. The third-order valence-electron chi connectivity index (χ3n) is 3.83. The summed E-state index contributed by atoms with van der Waals surface area (Å²) in [6.07, 6.45) is 2.79. The van der Waals surface area contributed by atoms with Crippen LogP contribution in [0.25, 0.3) is 5.69 Å². The predicted molar refractivity (Wildman–Crippen MR) is 96.0 cm³/mol. The van der Waals surface area contributed by atoms with Crippen LogP contribution in [-0.2, 0) is 0 Å². The number of nitro groups is 2. The van der Waals surface area contributed by atoms with Crippen molar-refractivity contribution in [1.29, 1.82) is 0 Å². The Morgan fingerprint density at radius 3 is 2.41 bits per heavy atom. The Bertz CT molecular complexity index is 1040. The second kappa shape index (κ2) is 7.04. The third kappa shape index (κ3) is 3.79. The van der Waals surface area contributed by atoms with Crippen LogP contribution < -0.4 is 5.32 Å². The molecule has 1 N–H and O–H groups in total. The smallest absolute Gasteiger partial charge is 0.274 e. The van der Waals surface area contributed by atoms with E-state index in [9.17, 15) is 25.0 Å². The van der Waals surface area contributed by atoms with Crippen molar-refractivity contribution in [1.82, 2.24) is 9.78 Å². The second-order valence-electron chi connectivity index (χ2n) is 5.66. The number of benzene rings is 2. The summed E-state index contributed by atoms with van der Waals surface area (Å²) in [5.74, 6) is -0.485. The summed E-state index contributed by atoms with van der Waals surface area (Å²) >= 11 is 0. The van der Waals surface area contributed by atoms with Gasteiger partial charge in [0.15, 0.2) is 0 Å². The van der Waals surface area contributed by atoms with Gasteiger partial charge in [-0.3, -0.25) is 25.0 Å². The summed E-state index contributed by atoms with van der Waals surface area (Å²) < 4.78 is 1.40. The zero-order chi connectivity index (χ0) is 19.6. The number of hydrogen-bond donors (Lipinski definition) is 1. The Kier molecular flexibility index (Phi) is 4.62. The maximum atomic E-state index is 12.3. The number of aryl methyl sites for hydroxylation is 1. The quantitative estimate of drug-likeness (QED) is 0.543. The second-order valence-corrected chi connectivity index (χ2v) is 5.66. The minimum atomic E-state index is -0.516. The summed E-state index contributed by atoms with van der Waals surface area (Å²) in [6.45, 7) is 1.61. The van der Waals surface area contributed by atoms with E-state index in [0.29, 0.717) is 16.9 Å². The van der Waals surface area contributed by atoms with Gasteiger partial charge in [-0.1, -0.05) is 6.07 Å². The molecule has 0 radical (unpaired) electrons. The third-order valence-corrected chi connectivity index (χ3v) is 3.83. The first kappa shape index (κ1) is 17.7. The van der Waals surface area contributed by atoms with E-state index in [4.69, 9.17) is 0 Å². The lowest BCUT2D eigenvalue weighted by atomic mass is 10.2. The van der Waals surface area contributed by atoms with Gasteiger partial charge in [0.25, 0.3) is 17.3 Å². The van der Waals surface area contributed by atoms with Crippen molar-refractivity contribution in [2.45, 2.75) is 6.92 Å².